The summed E-state index contributed by atoms with van der Waals surface area (Å²) in [5.74, 6) is -0.643. The van der Waals surface area contributed by atoms with Gasteiger partial charge in [-0.3, -0.25) is 9.48 Å². The number of carbonyl (C=O) groups excluding carboxylic acids is 2. The first-order chi connectivity index (χ1) is 10.1. The molecule has 1 aromatic carbocycles. The van der Waals surface area contributed by atoms with Gasteiger partial charge in [0, 0.05) is 20.2 Å². The summed E-state index contributed by atoms with van der Waals surface area (Å²) >= 11 is 0. The molecule has 0 saturated carbocycles. The highest BCUT2D eigenvalue weighted by atomic mass is 16.5. The van der Waals surface area contributed by atoms with Crippen LogP contribution >= 0.6 is 0 Å². The number of benzene rings is 1. The van der Waals surface area contributed by atoms with Crippen molar-refractivity contribution in [3.63, 3.8) is 0 Å². The molecule has 2 rings (SSSR count). The van der Waals surface area contributed by atoms with Crippen LogP contribution in [0, 0.1) is 0 Å². The highest BCUT2D eigenvalue weighted by molar-refractivity contribution is 5.89. The summed E-state index contributed by atoms with van der Waals surface area (Å²) < 4.78 is 7.01. The van der Waals surface area contributed by atoms with Crippen molar-refractivity contribution in [2.75, 3.05) is 6.54 Å². The van der Waals surface area contributed by atoms with Gasteiger partial charge in [-0.1, -0.05) is 30.3 Å². The summed E-state index contributed by atoms with van der Waals surface area (Å²) in [4.78, 5) is 23.2. The maximum atomic E-state index is 12.1. The predicted molar refractivity (Wildman–Crippen MR) is 76.5 cm³/mol. The number of hydrogen-bond acceptors (Lipinski definition) is 4. The summed E-state index contributed by atoms with van der Waals surface area (Å²) in [5, 5.41) is 6.61. The van der Waals surface area contributed by atoms with Gasteiger partial charge < -0.3 is 10.1 Å². The Kier molecular flexibility index (Phi) is 4.71. The number of nitrogens with zero attached hydrogens (tertiary/aromatic N) is 2. The minimum Gasteiger partial charge on any atom is -0.452 e. The molecule has 6 nitrogen and oxygen atoms in total. The first-order valence-electron chi connectivity index (χ1n) is 6.55. The summed E-state index contributed by atoms with van der Waals surface area (Å²) in [7, 11) is 1.72. The number of rotatable bonds is 5. The molecule has 0 bridgehead atoms. The fraction of sp³-hybridized carbons (Fsp3) is 0.267. The van der Waals surface area contributed by atoms with Gasteiger partial charge in [0.15, 0.2) is 0 Å². The average Bonchev–Trinajstić information content (AvgIpc) is 2.90. The number of hydrogen-bond donors (Lipinski definition) is 1. The second-order valence-electron chi connectivity index (χ2n) is 4.64. The Morgan fingerprint density at radius 1 is 1.33 bits per heavy atom. The van der Waals surface area contributed by atoms with E-state index in [9.17, 15) is 9.59 Å². The summed E-state index contributed by atoms with van der Waals surface area (Å²) in [6.07, 6.45) is 2.49. The van der Waals surface area contributed by atoms with Gasteiger partial charge in [-0.2, -0.15) is 5.10 Å². The van der Waals surface area contributed by atoms with Gasteiger partial charge in [-0.25, -0.2) is 4.79 Å². The number of aromatic nitrogens is 2. The standard InChI is InChI=1S/C15H17N3O3/c1-11(19)16-9-14(12-6-4-3-5-7-12)21-15(20)13-8-17-18(2)10-13/h3-8,10,14H,9H2,1-2H3,(H,16,19). The molecule has 0 aliphatic rings. The molecule has 1 N–H and O–H groups in total. The Bertz CT molecular complexity index is 622. The van der Waals surface area contributed by atoms with E-state index in [0.717, 1.165) is 5.56 Å². The minimum atomic E-state index is -0.539. The van der Waals surface area contributed by atoms with Gasteiger partial charge in [-0.05, 0) is 5.56 Å². The van der Waals surface area contributed by atoms with E-state index in [-0.39, 0.29) is 12.5 Å². The zero-order chi connectivity index (χ0) is 15.2. The molecule has 0 radical (unpaired) electrons. The Labute approximate surface area is 122 Å². The first-order valence-corrected chi connectivity index (χ1v) is 6.55. The molecular weight excluding hydrogens is 270 g/mol. The normalized spacial score (nSPS) is 11.7. The largest absolute Gasteiger partial charge is 0.452 e. The molecule has 1 amide bonds. The van der Waals surface area contributed by atoms with Crippen LogP contribution < -0.4 is 5.32 Å². The van der Waals surface area contributed by atoms with E-state index in [4.69, 9.17) is 4.74 Å². The Balaban J connectivity index is 2.12. The minimum absolute atomic E-state index is 0.173. The smallest absolute Gasteiger partial charge is 0.342 e. The molecule has 0 aliphatic carbocycles. The topological polar surface area (TPSA) is 73.2 Å². The molecule has 1 aromatic heterocycles. The van der Waals surface area contributed by atoms with E-state index in [1.165, 1.54) is 17.8 Å². The molecule has 6 heteroatoms. The second kappa shape index (κ2) is 6.69. The quantitative estimate of drug-likeness (QED) is 0.845. The van der Waals surface area contributed by atoms with Crippen LogP contribution in [0.15, 0.2) is 42.7 Å². The third-order valence-corrected chi connectivity index (χ3v) is 2.90. The van der Waals surface area contributed by atoms with Gasteiger partial charge in [0.25, 0.3) is 0 Å². The van der Waals surface area contributed by atoms with Crippen molar-refractivity contribution in [2.45, 2.75) is 13.0 Å². The van der Waals surface area contributed by atoms with Crippen LogP contribution in [0.25, 0.3) is 0 Å². The van der Waals surface area contributed by atoms with Crippen LogP contribution in [0.1, 0.15) is 28.9 Å². The predicted octanol–water partition coefficient (Wildman–Crippen LogP) is 1.45. The second-order valence-corrected chi connectivity index (χ2v) is 4.64. The van der Waals surface area contributed by atoms with Gasteiger partial charge in [0.1, 0.15) is 6.10 Å². The van der Waals surface area contributed by atoms with Crippen molar-refractivity contribution in [3.05, 3.63) is 53.9 Å². The van der Waals surface area contributed by atoms with Crippen molar-refractivity contribution in [1.29, 1.82) is 0 Å². The third kappa shape index (κ3) is 4.17. The fourth-order valence-electron chi connectivity index (χ4n) is 1.86. The highest BCUT2D eigenvalue weighted by Gasteiger charge is 2.19. The summed E-state index contributed by atoms with van der Waals surface area (Å²) in [5.41, 5.74) is 1.20. The van der Waals surface area contributed by atoms with E-state index in [1.807, 2.05) is 30.3 Å². The van der Waals surface area contributed by atoms with E-state index in [0.29, 0.717) is 5.56 Å². The molecule has 21 heavy (non-hydrogen) atoms. The van der Waals surface area contributed by atoms with Crippen molar-refractivity contribution >= 4 is 11.9 Å². The lowest BCUT2D eigenvalue weighted by molar-refractivity contribution is -0.119. The summed E-state index contributed by atoms with van der Waals surface area (Å²) in [6, 6.07) is 9.29. The number of amides is 1. The maximum absolute atomic E-state index is 12.1. The first kappa shape index (κ1) is 14.8. The lowest BCUT2D eigenvalue weighted by atomic mass is 10.1. The maximum Gasteiger partial charge on any atom is 0.342 e. The number of nitrogens with one attached hydrogen (secondary N) is 1. The number of carbonyl (C=O) groups is 2. The zero-order valence-corrected chi connectivity index (χ0v) is 11.9. The van der Waals surface area contributed by atoms with Gasteiger partial charge in [-0.15, -0.1) is 0 Å². The zero-order valence-electron chi connectivity index (χ0n) is 11.9. The lowest BCUT2D eigenvalue weighted by Crippen LogP contribution is -2.28. The van der Waals surface area contributed by atoms with Gasteiger partial charge in [0.2, 0.25) is 5.91 Å². The molecule has 110 valence electrons. The Morgan fingerprint density at radius 3 is 2.62 bits per heavy atom. The summed E-state index contributed by atoms with van der Waals surface area (Å²) in [6.45, 7) is 1.65. The molecule has 0 saturated heterocycles. The average molecular weight is 287 g/mol. The number of aryl methyl sites for hydroxylation is 1. The lowest BCUT2D eigenvalue weighted by Gasteiger charge is -2.18. The third-order valence-electron chi connectivity index (χ3n) is 2.90. The van der Waals surface area contributed by atoms with Gasteiger partial charge >= 0.3 is 5.97 Å². The molecule has 0 fully saturated rings. The van der Waals surface area contributed by atoms with Crippen LogP contribution in [0.4, 0.5) is 0 Å². The highest BCUT2D eigenvalue weighted by Crippen LogP contribution is 2.18. The van der Waals surface area contributed by atoms with Crippen molar-refractivity contribution in [2.24, 2.45) is 7.05 Å². The van der Waals surface area contributed by atoms with E-state index < -0.39 is 12.1 Å². The Morgan fingerprint density at radius 2 is 2.05 bits per heavy atom. The molecule has 0 spiro atoms. The Hall–Kier alpha value is -2.63. The van der Waals surface area contributed by atoms with Crippen LogP contribution in [0.2, 0.25) is 0 Å². The SMILES string of the molecule is CC(=O)NCC(OC(=O)c1cnn(C)c1)c1ccccc1. The monoisotopic (exact) mass is 287 g/mol. The number of ether oxygens (including phenoxy) is 1. The van der Waals surface area contributed by atoms with Crippen LogP contribution in [0.5, 0.6) is 0 Å². The van der Waals surface area contributed by atoms with Crippen molar-refractivity contribution in [1.82, 2.24) is 15.1 Å². The van der Waals surface area contributed by atoms with E-state index in [2.05, 4.69) is 10.4 Å². The number of esters is 1. The van der Waals surface area contributed by atoms with Crippen LogP contribution in [0.3, 0.4) is 0 Å². The van der Waals surface area contributed by atoms with Crippen LogP contribution in [-0.2, 0) is 16.6 Å². The van der Waals surface area contributed by atoms with E-state index in [1.54, 1.807) is 13.2 Å². The molecule has 1 unspecified atom stereocenters. The molecule has 1 atom stereocenters. The molecule has 0 aliphatic heterocycles. The molecule has 1 heterocycles. The van der Waals surface area contributed by atoms with E-state index >= 15 is 0 Å². The fourth-order valence-corrected chi connectivity index (χ4v) is 1.86. The van der Waals surface area contributed by atoms with Crippen LogP contribution in [-0.4, -0.2) is 28.2 Å². The van der Waals surface area contributed by atoms with Crippen molar-refractivity contribution in [3.8, 4) is 0 Å². The molecule has 2 aromatic rings. The van der Waals surface area contributed by atoms with Crippen molar-refractivity contribution < 1.29 is 14.3 Å². The van der Waals surface area contributed by atoms with Gasteiger partial charge in [0.05, 0.1) is 18.3 Å². The molecular formula is C15H17N3O3.